The van der Waals surface area contributed by atoms with Crippen LogP contribution in [0, 0.1) is 0 Å². The third-order valence-corrected chi connectivity index (χ3v) is 4.16. The summed E-state index contributed by atoms with van der Waals surface area (Å²) in [5.74, 6) is 0.0370. The van der Waals surface area contributed by atoms with Crippen LogP contribution in [0.15, 0.2) is 60.7 Å². The number of nitrogens with one attached hydrogen (secondary N) is 1. The minimum Gasteiger partial charge on any atom is -0.354 e. The van der Waals surface area contributed by atoms with Gasteiger partial charge in [0.1, 0.15) is 0 Å². The first-order chi connectivity index (χ1) is 11.0. The van der Waals surface area contributed by atoms with E-state index in [2.05, 4.69) is 29.6 Å². The fraction of sp³-hybridized carbons (Fsp3) is 0.350. The van der Waals surface area contributed by atoms with Gasteiger partial charge in [0.15, 0.2) is 0 Å². The molecule has 130 valence electrons. The van der Waals surface area contributed by atoms with E-state index in [9.17, 15) is 4.79 Å². The monoisotopic (exact) mass is 346 g/mol. The zero-order valence-electron chi connectivity index (χ0n) is 14.4. The Balaban J connectivity index is 0.00000288. The van der Waals surface area contributed by atoms with E-state index in [1.54, 1.807) is 6.92 Å². The third kappa shape index (κ3) is 5.36. The number of amides is 1. The van der Waals surface area contributed by atoms with E-state index in [-0.39, 0.29) is 24.2 Å². The molecule has 0 saturated heterocycles. The number of hydrogen-bond donors (Lipinski definition) is 2. The Kier molecular flexibility index (Phi) is 7.96. The van der Waals surface area contributed by atoms with E-state index < -0.39 is 5.54 Å². The van der Waals surface area contributed by atoms with Crippen molar-refractivity contribution in [1.82, 2.24) is 5.32 Å². The van der Waals surface area contributed by atoms with Gasteiger partial charge >= 0.3 is 0 Å². The SMILES string of the molecule is CCCC(C)(N)C(=O)NCC(c1ccccc1)c1ccccc1.Cl. The lowest BCUT2D eigenvalue weighted by Gasteiger charge is -2.25. The first kappa shape index (κ1) is 20.2. The number of nitrogens with two attached hydrogens (primary N) is 1. The van der Waals surface area contributed by atoms with Gasteiger partial charge in [0, 0.05) is 12.5 Å². The molecule has 2 aromatic rings. The number of carbonyl (C=O) groups excluding carboxylic acids is 1. The maximum atomic E-state index is 12.4. The molecule has 0 aromatic heterocycles. The first-order valence-electron chi connectivity index (χ1n) is 8.21. The Bertz CT molecular complexity index is 575. The predicted molar refractivity (Wildman–Crippen MR) is 102 cm³/mol. The van der Waals surface area contributed by atoms with Gasteiger partial charge in [-0.15, -0.1) is 12.4 Å². The zero-order chi connectivity index (χ0) is 16.7. The third-order valence-electron chi connectivity index (χ3n) is 4.16. The van der Waals surface area contributed by atoms with E-state index in [4.69, 9.17) is 5.73 Å². The minimum absolute atomic E-state index is 0. The largest absolute Gasteiger partial charge is 0.354 e. The fourth-order valence-electron chi connectivity index (χ4n) is 2.83. The predicted octanol–water partition coefficient (Wildman–Crippen LogP) is 3.87. The van der Waals surface area contributed by atoms with Crippen LogP contribution in [-0.4, -0.2) is 18.0 Å². The van der Waals surface area contributed by atoms with Crippen LogP contribution in [0.3, 0.4) is 0 Å². The van der Waals surface area contributed by atoms with Crippen LogP contribution in [-0.2, 0) is 4.79 Å². The quantitative estimate of drug-likeness (QED) is 0.799. The number of hydrogen-bond acceptors (Lipinski definition) is 2. The summed E-state index contributed by atoms with van der Waals surface area (Å²) in [5.41, 5.74) is 7.69. The molecule has 2 rings (SSSR count). The van der Waals surface area contributed by atoms with Crippen LogP contribution >= 0.6 is 12.4 Å². The number of halogens is 1. The van der Waals surface area contributed by atoms with Gasteiger partial charge in [-0.3, -0.25) is 4.79 Å². The molecule has 0 aliphatic heterocycles. The molecule has 0 fully saturated rings. The first-order valence-corrected chi connectivity index (χ1v) is 8.21. The topological polar surface area (TPSA) is 55.1 Å². The normalized spacial score (nSPS) is 13.0. The molecule has 0 saturated carbocycles. The molecular formula is C20H27ClN2O. The molecule has 0 radical (unpaired) electrons. The van der Waals surface area contributed by atoms with Gasteiger partial charge in [0.2, 0.25) is 5.91 Å². The molecule has 2 aromatic carbocycles. The number of carbonyl (C=O) groups is 1. The molecule has 4 heteroatoms. The van der Waals surface area contributed by atoms with Crippen molar-refractivity contribution in [2.75, 3.05) is 6.54 Å². The standard InChI is InChI=1S/C20H26N2O.ClH/c1-3-14-20(2,21)19(23)22-15-18(16-10-6-4-7-11-16)17-12-8-5-9-13-17;/h4-13,18H,3,14-15,21H2,1-2H3,(H,22,23);1H. The highest BCUT2D eigenvalue weighted by Gasteiger charge is 2.27. The van der Waals surface area contributed by atoms with Gasteiger partial charge in [-0.2, -0.15) is 0 Å². The van der Waals surface area contributed by atoms with Crippen molar-refractivity contribution in [2.45, 2.75) is 38.1 Å². The van der Waals surface area contributed by atoms with Gasteiger partial charge in [0.25, 0.3) is 0 Å². The molecule has 0 spiro atoms. The van der Waals surface area contributed by atoms with Crippen LogP contribution in [0.1, 0.15) is 43.7 Å². The lowest BCUT2D eigenvalue weighted by molar-refractivity contribution is -0.126. The number of rotatable bonds is 7. The van der Waals surface area contributed by atoms with Gasteiger partial charge in [-0.1, -0.05) is 74.0 Å². The summed E-state index contributed by atoms with van der Waals surface area (Å²) in [6.45, 7) is 4.38. The zero-order valence-corrected chi connectivity index (χ0v) is 15.2. The Morgan fingerprint density at radius 1 is 1.04 bits per heavy atom. The molecule has 0 heterocycles. The average molecular weight is 347 g/mol. The molecule has 24 heavy (non-hydrogen) atoms. The molecule has 0 aliphatic carbocycles. The maximum Gasteiger partial charge on any atom is 0.239 e. The van der Waals surface area contributed by atoms with E-state index in [1.165, 1.54) is 11.1 Å². The highest BCUT2D eigenvalue weighted by atomic mass is 35.5. The van der Waals surface area contributed by atoms with Crippen molar-refractivity contribution in [1.29, 1.82) is 0 Å². The van der Waals surface area contributed by atoms with E-state index >= 15 is 0 Å². The lowest BCUT2D eigenvalue weighted by atomic mass is 9.90. The maximum absolute atomic E-state index is 12.4. The highest BCUT2D eigenvalue weighted by molar-refractivity contribution is 5.85. The van der Waals surface area contributed by atoms with Crippen molar-refractivity contribution in [3.63, 3.8) is 0 Å². The second kappa shape index (κ2) is 9.45. The molecule has 3 N–H and O–H groups in total. The van der Waals surface area contributed by atoms with Gasteiger partial charge in [-0.05, 0) is 24.5 Å². The van der Waals surface area contributed by atoms with E-state index in [1.807, 2.05) is 43.3 Å². The molecule has 1 amide bonds. The molecule has 0 aliphatic rings. The lowest BCUT2D eigenvalue weighted by Crippen LogP contribution is -2.52. The number of benzene rings is 2. The molecule has 1 unspecified atom stereocenters. The summed E-state index contributed by atoms with van der Waals surface area (Å²) in [6, 6.07) is 20.5. The van der Waals surface area contributed by atoms with E-state index in [0.717, 1.165) is 6.42 Å². The summed E-state index contributed by atoms with van der Waals surface area (Å²) >= 11 is 0. The van der Waals surface area contributed by atoms with Crippen molar-refractivity contribution < 1.29 is 4.79 Å². The Morgan fingerprint density at radius 2 is 1.50 bits per heavy atom. The van der Waals surface area contributed by atoms with Crippen molar-refractivity contribution in [2.24, 2.45) is 5.73 Å². The van der Waals surface area contributed by atoms with Crippen LogP contribution in [0.25, 0.3) is 0 Å². The molecule has 1 atom stereocenters. The second-order valence-electron chi connectivity index (χ2n) is 6.25. The fourth-order valence-corrected chi connectivity index (χ4v) is 2.83. The van der Waals surface area contributed by atoms with Crippen molar-refractivity contribution >= 4 is 18.3 Å². The van der Waals surface area contributed by atoms with Crippen molar-refractivity contribution in [3.05, 3.63) is 71.8 Å². The molecular weight excluding hydrogens is 320 g/mol. The minimum atomic E-state index is -0.813. The summed E-state index contributed by atoms with van der Waals surface area (Å²) in [7, 11) is 0. The Morgan fingerprint density at radius 3 is 1.92 bits per heavy atom. The van der Waals surface area contributed by atoms with Crippen LogP contribution in [0.5, 0.6) is 0 Å². The second-order valence-corrected chi connectivity index (χ2v) is 6.25. The molecule has 3 nitrogen and oxygen atoms in total. The smallest absolute Gasteiger partial charge is 0.239 e. The summed E-state index contributed by atoms with van der Waals surface area (Å²) in [6.07, 6.45) is 1.57. The molecule has 0 bridgehead atoms. The Labute approximate surface area is 151 Å². The summed E-state index contributed by atoms with van der Waals surface area (Å²) in [4.78, 5) is 12.4. The highest BCUT2D eigenvalue weighted by Crippen LogP contribution is 2.24. The van der Waals surface area contributed by atoms with Crippen LogP contribution in [0.2, 0.25) is 0 Å². The van der Waals surface area contributed by atoms with E-state index in [0.29, 0.717) is 13.0 Å². The van der Waals surface area contributed by atoms with Gasteiger partial charge in [-0.25, -0.2) is 0 Å². The van der Waals surface area contributed by atoms with Crippen LogP contribution < -0.4 is 11.1 Å². The summed E-state index contributed by atoms with van der Waals surface area (Å²) < 4.78 is 0. The van der Waals surface area contributed by atoms with Crippen molar-refractivity contribution in [3.8, 4) is 0 Å². The van der Waals surface area contributed by atoms with Gasteiger partial charge in [0.05, 0.1) is 5.54 Å². The summed E-state index contributed by atoms with van der Waals surface area (Å²) in [5, 5.41) is 3.04. The van der Waals surface area contributed by atoms with Gasteiger partial charge < -0.3 is 11.1 Å². The van der Waals surface area contributed by atoms with Crippen LogP contribution in [0.4, 0.5) is 0 Å². The average Bonchev–Trinajstić information content (AvgIpc) is 2.57. The Hall–Kier alpha value is -1.84.